The molecule has 0 amide bonds. The fourth-order valence-corrected chi connectivity index (χ4v) is 2.33. The Balaban J connectivity index is 2.10. The molecule has 1 aromatic carbocycles. The van der Waals surface area contributed by atoms with Crippen LogP contribution in [0.5, 0.6) is 0 Å². The second-order valence-corrected chi connectivity index (χ2v) is 5.78. The number of rotatable bonds is 5. The molecule has 0 atom stereocenters. The van der Waals surface area contributed by atoms with E-state index in [1.54, 1.807) is 0 Å². The molecule has 3 rings (SSSR count). The number of nitrogens with one attached hydrogen (secondary N) is 1. The molecule has 125 valence electrons. The van der Waals surface area contributed by atoms with Gasteiger partial charge in [0.15, 0.2) is 5.69 Å². The van der Waals surface area contributed by atoms with Crippen LogP contribution >= 0.6 is 15.9 Å². The SMILES string of the molecule is CC[C](C)Nc1nonc1-c1noc(=O)n1-c1ccc(F)c(Br)c1. The van der Waals surface area contributed by atoms with E-state index in [1.807, 2.05) is 13.8 Å². The van der Waals surface area contributed by atoms with E-state index in [0.717, 1.165) is 17.0 Å². The molecule has 0 aliphatic heterocycles. The van der Waals surface area contributed by atoms with Gasteiger partial charge in [-0.3, -0.25) is 4.52 Å². The molecule has 0 bridgehead atoms. The molecule has 0 fully saturated rings. The van der Waals surface area contributed by atoms with E-state index in [9.17, 15) is 9.18 Å². The summed E-state index contributed by atoms with van der Waals surface area (Å²) in [5.41, 5.74) is 0.559. The molecular formula is C14H12BrFN5O3. The zero-order valence-electron chi connectivity index (χ0n) is 12.7. The molecule has 10 heteroatoms. The number of anilines is 1. The predicted octanol–water partition coefficient (Wildman–Crippen LogP) is 3.15. The van der Waals surface area contributed by atoms with E-state index in [4.69, 9.17) is 9.15 Å². The van der Waals surface area contributed by atoms with Crippen molar-refractivity contribution >= 4 is 21.7 Å². The normalized spacial score (nSPS) is 11.2. The second kappa shape index (κ2) is 6.56. The lowest BCUT2D eigenvalue weighted by molar-refractivity contribution is 0.309. The van der Waals surface area contributed by atoms with Crippen LogP contribution in [0, 0.1) is 11.9 Å². The van der Waals surface area contributed by atoms with Gasteiger partial charge < -0.3 is 5.32 Å². The average Bonchev–Trinajstić information content (AvgIpc) is 3.16. The van der Waals surface area contributed by atoms with E-state index in [0.29, 0.717) is 11.5 Å². The Kier molecular flexibility index (Phi) is 4.47. The highest BCUT2D eigenvalue weighted by atomic mass is 79.9. The molecular weight excluding hydrogens is 385 g/mol. The van der Waals surface area contributed by atoms with Crippen LogP contribution in [0.1, 0.15) is 20.3 Å². The van der Waals surface area contributed by atoms with Gasteiger partial charge in [0.1, 0.15) is 5.82 Å². The Morgan fingerprint density at radius 2 is 2.17 bits per heavy atom. The third-order valence-electron chi connectivity index (χ3n) is 3.33. The van der Waals surface area contributed by atoms with Gasteiger partial charge in [0.05, 0.1) is 16.2 Å². The van der Waals surface area contributed by atoms with Crippen molar-refractivity contribution in [2.24, 2.45) is 0 Å². The lowest BCUT2D eigenvalue weighted by atomic mass is 10.2. The Bertz CT molecular complexity index is 919. The zero-order valence-corrected chi connectivity index (χ0v) is 14.3. The zero-order chi connectivity index (χ0) is 17.3. The fraction of sp³-hybridized carbons (Fsp3) is 0.214. The summed E-state index contributed by atoms with van der Waals surface area (Å²) in [5.74, 6) is -0.805. The molecule has 0 unspecified atom stereocenters. The lowest BCUT2D eigenvalue weighted by Gasteiger charge is -2.09. The smallest absolute Gasteiger partial charge is 0.358 e. The van der Waals surface area contributed by atoms with E-state index in [2.05, 4.69) is 36.7 Å². The van der Waals surface area contributed by atoms with Crippen molar-refractivity contribution in [1.29, 1.82) is 0 Å². The van der Waals surface area contributed by atoms with Gasteiger partial charge in [-0.25, -0.2) is 18.4 Å². The van der Waals surface area contributed by atoms with Gasteiger partial charge in [-0.05, 0) is 57.8 Å². The van der Waals surface area contributed by atoms with Crippen molar-refractivity contribution in [1.82, 2.24) is 20.0 Å². The number of hydrogen-bond donors (Lipinski definition) is 1. The minimum atomic E-state index is -0.742. The first-order chi connectivity index (χ1) is 11.5. The van der Waals surface area contributed by atoms with Gasteiger partial charge >= 0.3 is 5.76 Å². The molecule has 0 aliphatic rings. The molecule has 0 saturated carbocycles. The minimum absolute atomic E-state index is 0.0890. The van der Waals surface area contributed by atoms with E-state index >= 15 is 0 Å². The quantitative estimate of drug-likeness (QED) is 0.706. The van der Waals surface area contributed by atoms with Crippen LogP contribution in [0.3, 0.4) is 0 Å². The van der Waals surface area contributed by atoms with E-state index in [-0.39, 0.29) is 16.0 Å². The first kappa shape index (κ1) is 16.4. The third-order valence-corrected chi connectivity index (χ3v) is 3.94. The maximum atomic E-state index is 13.4. The van der Waals surface area contributed by atoms with Crippen molar-refractivity contribution in [2.75, 3.05) is 5.32 Å². The fourth-order valence-electron chi connectivity index (χ4n) is 1.96. The highest BCUT2D eigenvalue weighted by molar-refractivity contribution is 9.10. The van der Waals surface area contributed by atoms with Crippen LogP contribution in [0.4, 0.5) is 10.2 Å². The van der Waals surface area contributed by atoms with Gasteiger partial charge in [0.25, 0.3) is 0 Å². The Morgan fingerprint density at radius 1 is 1.38 bits per heavy atom. The summed E-state index contributed by atoms with van der Waals surface area (Å²) in [4.78, 5) is 12.0. The van der Waals surface area contributed by atoms with Crippen LogP contribution in [0.25, 0.3) is 17.2 Å². The molecule has 0 aliphatic carbocycles. The minimum Gasteiger partial charge on any atom is -0.358 e. The third kappa shape index (κ3) is 2.96. The maximum Gasteiger partial charge on any atom is 0.446 e. The number of hydrogen-bond acceptors (Lipinski definition) is 7. The van der Waals surface area contributed by atoms with Gasteiger partial charge in [0, 0.05) is 0 Å². The number of halogens is 2. The topological polar surface area (TPSA) is 99.0 Å². The average molecular weight is 397 g/mol. The van der Waals surface area contributed by atoms with Crippen LogP contribution in [-0.4, -0.2) is 20.0 Å². The van der Waals surface area contributed by atoms with Crippen molar-refractivity contribution in [3.8, 4) is 17.2 Å². The standard InChI is InChI=1S/C14H12BrFN5O3/c1-3-7(2)17-12-11(18-24-19-12)13-20-23-14(22)21(13)8-4-5-10(16)9(15)6-8/h4-6H,3H2,1-2H3,(H,17,19). The Morgan fingerprint density at radius 3 is 2.88 bits per heavy atom. The van der Waals surface area contributed by atoms with Crippen LogP contribution in [0.2, 0.25) is 0 Å². The maximum absolute atomic E-state index is 13.4. The first-order valence-corrected chi connectivity index (χ1v) is 7.77. The summed E-state index contributed by atoms with van der Waals surface area (Å²) in [6.07, 6.45) is 0.767. The van der Waals surface area contributed by atoms with Gasteiger partial charge in [-0.2, -0.15) is 0 Å². The lowest BCUT2D eigenvalue weighted by Crippen LogP contribution is -2.14. The van der Waals surface area contributed by atoms with Gasteiger partial charge in [-0.15, -0.1) is 0 Å². The molecule has 2 aromatic heterocycles. The van der Waals surface area contributed by atoms with Crippen molar-refractivity contribution < 1.29 is 13.5 Å². The second-order valence-electron chi connectivity index (χ2n) is 4.93. The number of nitrogens with zero attached hydrogens (tertiary/aromatic N) is 4. The summed E-state index contributed by atoms with van der Waals surface area (Å²) in [6.45, 7) is 3.85. The molecule has 1 radical (unpaired) electrons. The van der Waals surface area contributed by atoms with Crippen LogP contribution in [0.15, 0.2) is 36.6 Å². The number of aromatic nitrogens is 4. The summed E-state index contributed by atoms with van der Waals surface area (Å²) in [7, 11) is 0. The summed E-state index contributed by atoms with van der Waals surface area (Å²) < 4.78 is 24.3. The Labute approximate surface area is 143 Å². The Hall–Kier alpha value is -2.49. The highest BCUT2D eigenvalue weighted by Gasteiger charge is 2.23. The molecule has 8 nitrogen and oxygen atoms in total. The number of benzene rings is 1. The molecule has 3 aromatic rings. The highest BCUT2D eigenvalue weighted by Crippen LogP contribution is 2.27. The summed E-state index contributed by atoms with van der Waals surface area (Å²) in [6, 6.07) is 5.00. The van der Waals surface area contributed by atoms with Crippen LogP contribution in [-0.2, 0) is 0 Å². The summed E-state index contributed by atoms with van der Waals surface area (Å²) >= 11 is 3.08. The molecule has 0 saturated heterocycles. The van der Waals surface area contributed by atoms with Crippen LogP contribution < -0.4 is 11.1 Å². The van der Waals surface area contributed by atoms with Gasteiger partial charge in [-0.1, -0.05) is 12.1 Å². The van der Waals surface area contributed by atoms with E-state index < -0.39 is 11.6 Å². The van der Waals surface area contributed by atoms with Crippen molar-refractivity contribution in [2.45, 2.75) is 20.3 Å². The predicted molar refractivity (Wildman–Crippen MR) is 85.9 cm³/mol. The van der Waals surface area contributed by atoms with Crippen molar-refractivity contribution in [3.05, 3.63) is 45.1 Å². The monoisotopic (exact) mass is 396 g/mol. The molecule has 1 N–H and O–H groups in total. The van der Waals surface area contributed by atoms with Gasteiger partial charge in [0.2, 0.25) is 11.6 Å². The largest absolute Gasteiger partial charge is 0.446 e. The molecule has 0 spiro atoms. The molecule has 2 heterocycles. The first-order valence-electron chi connectivity index (χ1n) is 6.97. The van der Waals surface area contributed by atoms with E-state index in [1.165, 1.54) is 18.2 Å². The van der Waals surface area contributed by atoms with Crippen molar-refractivity contribution in [3.63, 3.8) is 0 Å². The molecule has 24 heavy (non-hydrogen) atoms. The summed E-state index contributed by atoms with van der Waals surface area (Å²) in [5, 5.41) is 14.3.